The van der Waals surface area contributed by atoms with Crippen LogP contribution < -0.4 is 0 Å². The van der Waals surface area contributed by atoms with Gasteiger partial charge in [0.15, 0.2) is 6.10 Å². The lowest BCUT2D eigenvalue weighted by Crippen LogP contribution is -2.67. The maximum atomic E-state index is 11.5. The summed E-state index contributed by atoms with van der Waals surface area (Å²) in [6, 6.07) is 0.290. The Morgan fingerprint density at radius 3 is 2.46 bits per heavy atom. The van der Waals surface area contributed by atoms with Gasteiger partial charge in [0.25, 0.3) is 5.91 Å². The zero-order valence-corrected chi connectivity index (χ0v) is 8.70. The fraction of sp³-hybridized carbons (Fsp3) is 0.700. The maximum Gasteiger partial charge on any atom is 0.255 e. The minimum atomic E-state index is -0.306. The SMILES string of the molecule is C=C(C)[C@@H]1[C@H](OC)C(=O)N1C(C)C. The van der Waals surface area contributed by atoms with Crippen LogP contribution in [0.2, 0.25) is 0 Å². The molecule has 2 atom stereocenters. The predicted octanol–water partition coefficient (Wildman–Crippen LogP) is 1.20. The van der Waals surface area contributed by atoms with Gasteiger partial charge in [0, 0.05) is 13.2 Å². The predicted molar refractivity (Wildman–Crippen MR) is 51.4 cm³/mol. The summed E-state index contributed by atoms with van der Waals surface area (Å²) in [6.07, 6.45) is -0.306. The van der Waals surface area contributed by atoms with E-state index in [1.165, 1.54) is 0 Å². The highest BCUT2D eigenvalue weighted by Gasteiger charge is 2.48. The lowest BCUT2D eigenvalue weighted by atomic mass is 9.90. The van der Waals surface area contributed by atoms with Crippen LogP contribution in [-0.4, -0.2) is 36.1 Å². The molecule has 0 aromatic heterocycles. The Kier molecular flexibility index (Phi) is 2.76. The Bertz CT molecular complexity index is 235. The van der Waals surface area contributed by atoms with Gasteiger partial charge in [-0.15, -0.1) is 0 Å². The number of amides is 1. The first-order chi connectivity index (χ1) is 6.00. The van der Waals surface area contributed by atoms with Crippen LogP contribution >= 0.6 is 0 Å². The second-order valence-corrected chi connectivity index (χ2v) is 3.79. The lowest BCUT2D eigenvalue weighted by molar-refractivity contribution is -0.170. The van der Waals surface area contributed by atoms with Crippen LogP contribution in [0.25, 0.3) is 0 Å². The van der Waals surface area contributed by atoms with Gasteiger partial charge in [0.05, 0.1) is 6.04 Å². The standard InChI is InChI=1S/C10H17NO2/c1-6(2)8-9(13-5)10(12)11(8)7(3)4/h7-9H,1H2,2-5H3/t8-,9+/m1/s1. The van der Waals surface area contributed by atoms with E-state index in [1.54, 1.807) is 7.11 Å². The first-order valence-corrected chi connectivity index (χ1v) is 4.51. The minimum absolute atomic E-state index is 0.0671. The summed E-state index contributed by atoms with van der Waals surface area (Å²) in [7, 11) is 1.57. The van der Waals surface area contributed by atoms with Gasteiger partial charge >= 0.3 is 0 Å². The van der Waals surface area contributed by atoms with E-state index < -0.39 is 0 Å². The van der Waals surface area contributed by atoms with Crippen LogP contribution in [0.5, 0.6) is 0 Å². The van der Waals surface area contributed by atoms with E-state index in [9.17, 15) is 4.79 Å². The monoisotopic (exact) mass is 183 g/mol. The number of hydrogen-bond donors (Lipinski definition) is 0. The van der Waals surface area contributed by atoms with Crippen molar-refractivity contribution >= 4 is 5.91 Å². The third kappa shape index (κ3) is 1.48. The molecule has 1 aliphatic heterocycles. The van der Waals surface area contributed by atoms with Crippen LogP contribution in [0.3, 0.4) is 0 Å². The Morgan fingerprint density at radius 1 is 1.62 bits per heavy atom. The van der Waals surface area contributed by atoms with Crippen molar-refractivity contribution in [2.75, 3.05) is 7.11 Å². The van der Waals surface area contributed by atoms with Gasteiger partial charge in [-0.05, 0) is 20.8 Å². The molecule has 1 aliphatic rings. The molecule has 1 amide bonds. The summed E-state index contributed by atoms with van der Waals surface area (Å²) >= 11 is 0. The van der Waals surface area contributed by atoms with Gasteiger partial charge < -0.3 is 9.64 Å². The van der Waals surface area contributed by atoms with Gasteiger partial charge in [0.1, 0.15) is 0 Å². The van der Waals surface area contributed by atoms with E-state index in [0.717, 1.165) is 5.57 Å². The first kappa shape index (κ1) is 10.3. The van der Waals surface area contributed by atoms with Crippen LogP contribution in [0, 0.1) is 0 Å². The van der Waals surface area contributed by atoms with Gasteiger partial charge in [-0.2, -0.15) is 0 Å². The third-order valence-corrected chi connectivity index (χ3v) is 2.40. The van der Waals surface area contributed by atoms with Crippen LogP contribution in [0.15, 0.2) is 12.2 Å². The average Bonchev–Trinajstić information content (AvgIpc) is 1.99. The summed E-state index contributed by atoms with van der Waals surface area (Å²) in [5, 5.41) is 0. The molecule has 13 heavy (non-hydrogen) atoms. The highest BCUT2D eigenvalue weighted by Crippen LogP contribution is 2.29. The van der Waals surface area contributed by atoms with Gasteiger partial charge in [-0.1, -0.05) is 12.2 Å². The zero-order chi connectivity index (χ0) is 10.2. The molecule has 0 aromatic carbocycles. The maximum absolute atomic E-state index is 11.5. The van der Waals surface area contributed by atoms with E-state index >= 15 is 0 Å². The minimum Gasteiger partial charge on any atom is -0.369 e. The fourth-order valence-corrected chi connectivity index (χ4v) is 1.78. The molecule has 0 radical (unpaired) electrons. The second kappa shape index (κ2) is 3.50. The quantitative estimate of drug-likeness (QED) is 0.486. The van der Waals surface area contributed by atoms with Crippen molar-refractivity contribution in [3.8, 4) is 0 Å². The third-order valence-electron chi connectivity index (χ3n) is 2.40. The second-order valence-electron chi connectivity index (χ2n) is 3.79. The molecule has 3 nitrogen and oxygen atoms in total. The smallest absolute Gasteiger partial charge is 0.255 e. The molecule has 0 unspecified atom stereocenters. The molecular weight excluding hydrogens is 166 g/mol. The Hall–Kier alpha value is -0.830. The highest BCUT2D eigenvalue weighted by molar-refractivity contribution is 5.89. The number of nitrogens with zero attached hydrogens (tertiary/aromatic N) is 1. The number of carbonyl (C=O) groups excluding carboxylic acids is 1. The molecule has 1 fully saturated rings. The molecule has 1 saturated heterocycles. The Labute approximate surface area is 79.4 Å². The van der Waals surface area contributed by atoms with Crippen molar-refractivity contribution in [3.05, 3.63) is 12.2 Å². The molecule has 0 aliphatic carbocycles. The van der Waals surface area contributed by atoms with E-state index in [4.69, 9.17) is 4.74 Å². The normalized spacial score (nSPS) is 27.8. The number of methoxy groups -OCH3 is 1. The number of ether oxygens (including phenoxy) is 1. The number of likely N-dealkylation sites (tertiary alicyclic amines) is 1. The zero-order valence-electron chi connectivity index (χ0n) is 8.70. The molecular formula is C10H17NO2. The molecule has 3 heteroatoms. The summed E-state index contributed by atoms with van der Waals surface area (Å²) in [5.74, 6) is 0.0745. The Morgan fingerprint density at radius 2 is 2.15 bits per heavy atom. The molecule has 0 bridgehead atoms. The van der Waals surface area contributed by atoms with Crippen LogP contribution in [-0.2, 0) is 9.53 Å². The van der Waals surface area contributed by atoms with Crippen molar-refractivity contribution in [1.82, 2.24) is 4.90 Å². The number of hydrogen-bond acceptors (Lipinski definition) is 2. The summed E-state index contributed by atoms with van der Waals surface area (Å²) in [5.41, 5.74) is 0.986. The topological polar surface area (TPSA) is 29.5 Å². The average molecular weight is 183 g/mol. The summed E-state index contributed by atoms with van der Waals surface area (Å²) < 4.78 is 5.10. The fourth-order valence-electron chi connectivity index (χ4n) is 1.78. The molecule has 1 heterocycles. The molecule has 0 N–H and O–H groups in total. The number of carbonyl (C=O) groups is 1. The molecule has 74 valence electrons. The van der Waals surface area contributed by atoms with Crippen molar-refractivity contribution in [2.45, 2.75) is 39.0 Å². The van der Waals surface area contributed by atoms with Crippen LogP contribution in [0.1, 0.15) is 20.8 Å². The van der Waals surface area contributed by atoms with E-state index in [-0.39, 0.29) is 24.1 Å². The van der Waals surface area contributed by atoms with Gasteiger partial charge in [-0.25, -0.2) is 0 Å². The van der Waals surface area contributed by atoms with Gasteiger partial charge in [0.2, 0.25) is 0 Å². The first-order valence-electron chi connectivity index (χ1n) is 4.51. The van der Waals surface area contributed by atoms with E-state index in [1.807, 2.05) is 25.7 Å². The van der Waals surface area contributed by atoms with E-state index in [2.05, 4.69) is 6.58 Å². The highest BCUT2D eigenvalue weighted by atomic mass is 16.5. The molecule has 0 saturated carbocycles. The number of β-lactam (4-membered cyclic amide) rings is 1. The van der Waals surface area contributed by atoms with Crippen molar-refractivity contribution < 1.29 is 9.53 Å². The van der Waals surface area contributed by atoms with Crippen molar-refractivity contribution in [3.63, 3.8) is 0 Å². The Balaban J connectivity index is 2.77. The molecule has 1 rings (SSSR count). The summed E-state index contributed by atoms with van der Waals surface area (Å²) in [6.45, 7) is 9.80. The van der Waals surface area contributed by atoms with E-state index in [0.29, 0.717) is 0 Å². The van der Waals surface area contributed by atoms with Gasteiger partial charge in [-0.3, -0.25) is 4.79 Å². The van der Waals surface area contributed by atoms with Crippen molar-refractivity contribution in [1.29, 1.82) is 0 Å². The largest absolute Gasteiger partial charge is 0.369 e. The molecule has 0 spiro atoms. The lowest BCUT2D eigenvalue weighted by Gasteiger charge is -2.49. The molecule has 0 aromatic rings. The van der Waals surface area contributed by atoms with Crippen molar-refractivity contribution in [2.24, 2.45) is 0 Å². The summed E-state index contributed by atoms with van der Waals surface area (Å²) in [4.78, 5) is 13.3. The number of rotatable bonds is 3. The van der Waals surface area contributed by atoms with Crippen LogP contribution in [0.4, 0.5) is 0 Å².